The van der Waals surface area contributed by atoms with Gasteiger partial charge in [0.2, 0.25) is 0 Å². The number of nitrogens with one attached hydrogen (secondary N) is 1. The van der Waals surface area contributed by atoms with Gasteiger partial charge in [0.05, 0.1) is 11.5 Å². The SMILES string of the molecule is CCN=C(NC1CCN(CC(F)(F)F)C1)N1CCN(c2cccs2)CC1.I. The molecule has 154 valence electrons. The average molecular weight is 517 g/mol. The number of nitrogens with zero attached hydrogens (tertiary/aromatic N) is 4. The molecule has 1 atom stereocenters. The van der Waals surface area contributed by atoms with Crippen LogP contribution in [0.5, 0.6) is 0 Å². The quantitative estimate of drug-likeness (QED) is 0.379. The second kappa shape index (κ2) is 10.1. The Hall–Kier alpha value is -0.750. The molecule has 2 aliphatic rings. The molecule has 1 N–H and O–H groups in total. The topological polar surface area (TPSA) is 34.1 Å². The van der Waals surface area contributed by atoms with Crippen LogP contribution in [0.25, 0.3) is 0 Å². The summed E-state index contributed by atoms with van der Waals surface area (Å²) in [6.45, 7) is 6.28. The van der Waals surface area contributed by atoms with Crippen molar-refractivity contribution in [3.05, 3.63) is 17.5 Å². The molecule has 10 heteroatoms. The first-order valence-electron chi connectivity index (χ1n) is 9.08. The van der Waals surface area contributed by atoms with E-state index in [0.29, 0.717) is 26.1 Å². The highest BCUT2D eigenvalue weighted by molar-refractivity contribution is 14.0. The molecule has 1 aromatic heterocycles. The lowest BCUT2D eigenvalue weighted by Gasteiger charge is -2.37. The number of guanidine groups is 1. The van der Waals surface area contributed by atoms with Crippen molar-refractivity contribution in [1.82, 2.24) is 15.1 Å². The molecule has 0 radical (unpaired) electrons. The minimum absolute atomic E-state index is 0. The molecule has 0 aromatic carbocycles. The average Bonchev–Trinajstić information content (AvgIpc) is 3.25. The Bertz CT molecular complexity index is 588. The van der Waals surface area contributed by atoms with Gasteiger partial charge in [0, 0.05) is 51.9 Å². The lowest BCUT2D eigenvalue weighted by Crippen LogP contribution is -2.54. The van der Waals surface area contributed by atoms with Crippen LogP contribution in [-0.4, -0.2) is 80.3 Å². The molecule has 2 aliphatic heterocycles. The first-order valence-corrected chi connectivity index (χ1v) is 9.96. The fraction of sp³-hybridized carbons (Fsp3) is 0.706. The summed E-state index contributed by atoms with van der Waals surface area (Å²) >= 11 is 1.74. The highest BCUT2D eigenvalue weighted by atomic mass is 127. The van der Waals surface area contributed by atoms with E-state index in [4.69, 9.17) is 0 Å². The molecule has 3 rings (SSSR count). The van der Waals surface area contributed by atoms with E-state index in [1.165, 1.54) is 9.90 Å². The zero-order chi connectivity index (χ0) is 18.6. The predicted molar refractivity (Wildman–Crippen MR) is 116 cm³/mol. The number of anilines is 1. The molecule has 1 aromatic rings. The van der Waals surface area contributed by atoms with Crippen molar-refractivity contribution in [2.75, 3.05) is 57.3 Å². The number of rotatable bonds is 4. The van der Waals surface area contributed by atoms with Crippen LogP contribution >= 0.6 is 35.3 Å². The van der Waals surface area contributed by atoms with Gasteiger partial charge in [0.1, 0.15) is 0 Å². The van der Waals surface area contributed by atoms with Gasteiger partial charge in [-0.15, -0.1) is 35.3 Å². The lowest BCUT2D eigenvalue weighted by molar-refractivity contribution is -0.143. The van der Waals surface area contributed by atoms with Crippen LogP contribution in [0, 0.1) is 0 Å². The van der Waals surface area contributed by atoms with E-state index in [-0.39, 0.29) is 30.0 Å². The molecule has 5 nitrogen and oxygen atoms in total. The zero-order valence-electron chi connectivity index (χ0n) is 15.4. The van der Waals surface area contributed by atoms with Gasteiger partial charge in [-0.25, -0.2) is 0 Å². The van der Waals surface area contributed by atoms with E-state index < -0.39 is 12.7 Å². The Balaban J connectivity index is 0.00000261. The number of likely N-dealkylation sites (tertiary alicyclic amines) is 1. The number of alkyl halides is 3. The Morgan fingerprint density at radius 1 is 1.26 bits per heavy atom. The van der Waals surface area contributed by atoms with Gasteiger partial charge >= 0.3 is 6.18 Å². The van der Waals surface area contributed by atoms with Crippen LogP contribution in [0.1, 0.15) is 13.3 Å². The number of piperazine rings is 1. The fourth-order valence-electron chi connectivity index (χ4n) is 3.51. The molecule has 3 heterocycles. The number of halogens is 4. The number of hydrogen-bond acceptors (Lipinski definition) is 4. The maximum Gasteiger partial charge on any atom is 0.401 e. The van der Waals surface area contributed by atoms with Gasteiger partial charge < -0.3 is 15.1 Å². The summed E-state index contributed by atoms with van der Waals surface area (Å²) in [6, 6.07) is 4.22. The van der Waals surface area contributed by atoms with Gasteiger partial charge in [-0.3, -0.25) is 9.89 Å². The monoisotopic (exact) mass is 517 g/mol. The van der Waals surface area contributed by atoms with Crippen LogP contribution < -0.4 is 10.2 Å². The Kier molecular flexibility index (Phi) is 8.47. The van der Waals surface area contributed by atoms with Crippen molar-refractivity contribution >= 4 is 46.3 Å². The Morgan fingerprint density at radius 3 is 2.59 bits per heavy atom. The largest absolute Gasteiger partial charge is 0.401 e. The summed E-state index contributed by atoms with van der Waals surface area (Å²) in [6.07, 6.45) is -3.42. The molecule has 0 saturated carbocycles. The van der Waals surface area contributed by atoms with Crippen molar-refractivity contribution in [1.29, 1.82) is 0 Å². The second-order valence-corrected chi connectivity index (χ2v) is 7.63. The van der Waals surface area contributed by atoms with E-state index >= 15 is 0 Å². The molecular formula is C17H27F3IN5S. The summed E-state index contributed by atoms with van der Waals surface area (Å²) in [4.78, 5) is 10.6. The third-order valence-electron chi connectivity index (χ3n) is 4.71. The Labute approximate surface area is 179 Å². The third kappa shape index (κ3) is 6.67. The summed E-state index contributed by atoms with van der Waals surface area (Å²) in [5.41, 5.74) is 0. The van der Waals surface area contributed by atoms with Gasteiger partial charge in [-0.1, -0.05) is 0 Å². The lowest BCUT2D eigenvalue weighted by atomic mass is 10.2. The van der Waals surface area contributed by atoms with Gasteiger partial charge in [0.15, 0.2) is 5.96 Å². The minimum atomic E-state index is -4.13. The molecule has 27 heavy (non-hydrogen) atoms. The van der Waals surface area contributed by atoms with Crippen LogP contribution in [0.15, 0.2) is 22.5 Å². The molecular weight excluding hydrogens is 490 g/mol. The summed E-state index contributed by atoms with van der Waals surface area (Å²) in [5, 5.41) is 6.77. The number of aliphatic imine (C=N–C) groups is 1. The maximum absolute atomic E-state index is 12.6. The van der Waals surface area contributed by atoms with Gasteiger partial charge in [-0.2, -0.15) is 13.2 Å². The first kappa shape index (κ1) is 22.5. The zero-order valence-corrected chi connectivity index (χ0v) is 18.6. The second-order valence-electron chi connectivity index (χ2n) is 6.70. The van der Waals surface area contributed by atoms with E-state index in [9.17, 15) is 13.2 Å². The summed E-state index contributed by atoms with van der Waals surface area (Å²) in [5.74, 6) is 0.831. The van der Waals surface area contributed by atoms with Crippen molar-refractivity contribution < 1.29 is 13.2 Å². The molecule has 1 unspecified atom stereocenters. The standard InChI is InChI=1S/C17H26F3N5S.HI/c1-2-21-16(22-14-5-6-23(12-14)13-17(18,19)20)25-9-7-24(8-10-25)15-4-3-11-26-15;/h3-4,11,14H,2,5-10,12-13H2,1H3,(H,21,22);1H. The number of thiophene rings is 1. The van der Waals surface area contributed by atoms with E-state index in [1.54, 1.807) is 11.3 Å². The maximum atomic E-state index is 12.6. The Morgan fingerprint density at radius 2 is 2.00 bits per heavy atom. The smallest absolute Gasteiger partial charge is 0.360 e. The molecule has 0 amide bonds. The van der Waals surface area contributed by atoms with Crippen LogP contribution in [0.3, 0.4) is 0 Å². The van der Waals surface area contributed by atoms with Crippen molar-refractivity contribution in [3.63, 3.8) is 0 Å². The van der Waals surface area contributed by atoms with Crippen LogP contribution in [0.4, 0.5) is 18.2 Å². The molecule has 0 aliphatic carbocycles. The number of hydrogen-bond donors (Lipinski definition) is 1. The third-order valence-corrected chi connectivity index (χ3v) is 5.64. The first-order chi connectivity index (χ1) is 12.4. The molecule has 0 bridgehead atoms. The fourth-order valence-corrected chi connectivity index (χ4v) is 4.29. The summed E-state index contributed by atoms with van der Waals surface area (Å²) in [7, 11) is 0. The van der Waals surface area contributed by atoms with E-state index in [0.717, 1.165) is 32.1 Å². The van der Waals surface area contributed by atoms with Crippen molar-refractivity contribution in [3.8, 4) is 0 Å². The van der Waals surface area contributed by atoms with Crippen molar-refractivity contribution in [2.24, 2.45) is 4.99 Å². The molecule has 2 fully saturated rings. The minimum Gasteiger partial charge on any atom is -0.360 e. The predicted octanol–water partition coefficient (Wildman–Crippen LogP) is 3.09. The van der Waals surface area contributed by atoms with Gasteiger partial charge in [0.25, 0.3) is 0 Å². The van der Waals surface area contributed by atoms with Crippen LogP contribution in [0.2, 0.25) is 0 Å². The normalized spacial score (nSPS) is 22.1. The van der Waals surface area contributed by atoms with Gasteiger partial charge in [-0.05, 0) is 30.9 Å². The highest BCUT2D eigenvalue weighted by Gasteiger charge is 2.35. The van der Waals surface area contributed by atoms with Crippen molar-refractivity contribution in [2.45, 2.75) is 25.6 Å². The van der Waals surface area contributed by atoms with E-state index in [2.05, 4.69) is 37.6 Å². The summed E-state index contributed by atoms with van der Waals surface area (Å²) < 4.78 is 37.7. The highest BCUT2D eigenvalue weighted by Crippen LogP contribution is 2.23. The van der Waals surface area contributed by atoms with E-state index in [1.807, 2.05) is 6.92 Å². The molecule has 0 spiro atoms. The van der Waals surface area contributed by atoms with Crippen LogP contribution in [-0.2, 0) is 0 Å². The molecule has 2 saturated heterocycles.